The maximum atomic E-state index is 4.36. The second-order valence-corrected chi connectivity index (χ2v) is 7.48. The van der Waals surface area contributed by atoms with Crippen LogP contribution in [0.5, 0.6) is 0 Å². The first-order valence-electron chi connectivity index (χ1n) is 9.68. The number of piperidine rings is 1. The van der Waals surface area contributed by atoms with Gasteiger partial charge in [-0.1, -0.05) is 30.3 Å². The van der Waals surface area contributed by atoms with Gasteiger partial charge in [-0.05, 0) is 68.2 Å². The number of benzene rings is 1. The van der Waals surface area contributed by atoms with E-state index in [1.807, 2.05) is 18.5 Å². The van der Waals surface area contributed by atoms with Gasteiger partial charge in [-0.25, -0.2) is 9.97 Å². The summed E-state index contributed by atoms with van der Waals surface area (Å²) >= 11 is 0. The summed E-state index contributed by atoms with van der Waals surface area (Å²) in [6, 6.07) is 12.8. The Hall–Kier alpha value is -1.94. The van der Waals surface area contributed by atoms with Gasteiger partial charge in [0, 0.05) is 25.5 Å². The third kappa shape index (κ3) is 4.37. The third-order valence-electron chi connectivity index (χ3n) is 5.74. The van der Waals surface area contributed by atoms with E-state index in [0.717, 1.165) is 43.3 Å². The van der Waals surface area contributed by atoms with Crippen molar-refractivity contribution in [2.45, 2.75) is 31.6 Å². The van der Waals surface area contributed by atoms with Crippen molar-refractivity contribution in [3.63, 3.8) is 0 Å². The van der Waals surface area contributed by atoms with Gasteiger partial charge in [-0.2, -0.15) is 0 Å². The van der Waals surface area contributed by atoms with Crippen molar-refractivity contribution in [1.82, 2.24) is 15.3 Å². The van der Waals surface area contributed by atoms with Crippen molar-refractivity contribution in [2.75, 3.05) is 31.1 Å². The minimum Gasteiger partial charge on any atom is -0.341 e. The molecule has 4 nitrogen and oxygen atoms in total. The zero-order chi connectivity index (χ0) is 16.9. The lowest BCUT2D eigenvalue weighted by atomic mass is 9.93. The van der Waals surface area contributed by atoms with Crippen molar-refractivity contribution >= 4 is 5.95 Å². The fourth-order valence-corrected chi connectivity index (χ4v) is 4.05. The molecule has 0 radical (unpaired) electrons. The largest absolute Gasteiger partial charge is 0.341 e. The van der Waals surface area contributed by atoms with Crippen LogP contribution < -0.4 is 10.2 Å². The minimum absolute atomic E-state index is 0.794. The molecular weight excluding hydrogens is 308 g/mol. The molecule has 0 spiro atoms. The predicted octanol–water partition coefficient (Wildman–Crippen LogP) is 3.48. The number of anilines is 1. The smallest absolute Gasteiger partial charge is 0.225 e. The van der Waals surface area contributed by atoms with Crippen LogP contribution in [0.15, 0.2) is 48.8 Å². The highest BCUT2D eigenvalue weighted by molar-refractivity contribution is 5.28. The predicted molar refractivity (Wildman–Crippen MR) is 102 cm³/mol. The monoisotopic (exact) mass is 336 g/mol. The normalized spacial score (nSPS) is 23.6. The second-order valence-electron chi connectivity index (χ2n) is 7.48. The molecule has 1 saturated heterocycles. The summed E-state index contributed by atoms with van der Waals surface area (Å²) < 4.78 is 0. The molecule has 2 fully saturated rings. The molecule has 2 unspecified atom stereocenters. The lowest BCUT2D eigenvalue weighted by Crippen LogP contribution is -2.35. The Morgan fingerprint density at radius 1 is 1.00 bits per heavy atom. The highest BCUT2D eigenvalue weighted by Crippen LogP contribution is 2.46. The van der Waals surface area contributed by atoms with Gasteiger partial charge < -0.3 is 10.2 Å². The molecule has 2 heterocycles. The van der Waals surface area contributed by atoms with Gasteiger partial charge in [0.25, 0.3) is 0 Å². The zero-order valence-corrected chi connectivity index (χ0v) is 14.8. The van der Waals surface area contributed by atoms with Gasteiger partial charge in [-0.3, -0.25) is 0 Å². The Morgan fingerprint density at radius 3 is 2.52 bits per heavy atom. The van der Waals surface area contributed by atoms with Gasteiger partial charge in [0.2, 0.25) is 5.95 Å². The summed E-state index contributed by atoms with van der Waals surface area (Å²) in [7, 11) is 0. The van der Waals surface area contributed by atoms with Crippen molar-refractivity contribution in [2.24, 2.45) is 11.8 Å². The van der Waals surface area contributed by atoms with Crippen LogP contribution in [0.3, 0.4) is 0 Å². The zero-order valence-electron chi connectivity index (χ0n) is 14.8. The van der Waals surface area contributed by atoms with Crippen molar-refractivity contribution in [3.8, 4) is 0 Å². The van der Waals surface area contributed by atoms with Crippen LogP contribution in [0, 0.1) is 11.8 Å². The number of hydrogen-bond acceptors (Lipinski definition) is 4. The van der Waals surface area contributed by atoms with Gasteiger partial charge in [0.1, 0.15) is 0 Å². The van der Waals surface area contributed by atoms with E-state index in [4.69, 9.17) is 0 Å². The Bertz CT molecular complexity index is 637. The van der Waals surface area contributed by atoms with Crippen molar-refractivity contribution in [3.05, 3.63) is 54.4 Å². The molecule has 0 amide bonds. The minimum atomic E-state index is 0.794. The molecule has 1 saturated carbocycles. The van der Waals surface area contributed by atoms with Crippen LogP contribution in [-0.4, -0.2) is 36.1 Å². The first-order valence-corrected chi connectivity index (χ1v) is 9.68. The van der Waals surface area contributed by atoms with E-state index < -0.39 is 0 Å². The Kier molecular flexibility index (Phi) is 5.26. The molecule has 1 aromatic carbocycles. The quantitative estimate of drug-likeness (QED) is 0.786. The van der Waals surface area contributed by atoms with E-state index in [0.29, 0.717) is 0 Å². The number of hydrogen-bond donors (Lipinski definition) is 1. The maximum Gasteiger partial charge on any atom is 0.225 e. The van der Waals surface area contributed by atoms with Crippen LogP contribution in [0.4, 0.5) is 5.95 Å². The summed E-state index contributed by atoms with van der Waals surface area (Å²) in [5.74, 6) is 3.37. The molecule has 0 bridgehead atoms. The number of nitrogens with zero attached hydrogens (tertiary/aromatic N) is 3. The molecule has 1 N–H and O–H groups in total. The Morgan fingerprint density at radius 2 is 1.76 bits per heavy atom. The van der Waals surface area contributed by atoms with Crippen LogP contribution in [0.1, 0.15) is 37.2 Å². The van der Waals surface area contributed by atoms with E-state index in [2.05, 4.69) is 50.5 Å². The summed E-state index contributed by atoms with van der Waals surface area (Å²) in [6.07, 6.45) is 8.84. The average molecular weight is 336 g/mol. The third-order valence-corrected chi connectivity index (χ3v) is 5.74. The lowest BCUT2D eigenvalue weighted by molar-refractivity contribution is 0.370. The highest BCUT2D eigenvalue weighted by atomic mass is 15.2. The van der Waals surface area contributed by atoms with E-state index in [1.165, 1.54) is 37.8 Å². The molecule has 1 aliphatic carbocycles. The average Bonchev–Trinajstić information content (AvgIpc) is 3.47. The van der Waals surface area contributed by atoms with Gasteiger partial charge >= 0.3 is 0 Å². The molecule has 25 heavy (non-hydrogen) atoms. The molecule has 1 aromatic heterocycles. The van der Waals surface area contributed by atoms with Crippen LogP contribution in [-0.2, 0) is 0 Å². The molecule has 2 atom stereocenters. The maximum absolute atomic E-state index is 4.36. The molecule has 132 valence electrons. The number of aromatic nitrogens is 2. The van der Waals surface area contributed by atoms with E-state index in [1.54, 1.807) is 0 Å². The van der Waals surface area contributed by atoms with Crippen molar-refractivity contribution < 1.29 is 0 Å². The summed E-state index contributed by atoms with van der Waals surface area (Å²) in [5, 5.41) is 3.70. The standard InChI is InChI=1S/C21H28N4/c1-2-5-18(6-3-1)20-15-19(20)16-22-12-7-17-8-13-25(14-9-17)21-23-10-4-11-24-21/h1-6,10-11,17,19-20,22H,7-9,12-16H2. The Balaban J connectivity index is 1.11. The van der Waals surface area contributed by atoms with E-state index >= 15 is 0 Å². The van der Waals surface area contributed by atoms with E-state index in [9.17, 15) is 0 Å². The topological polar surface area (TPSA) is 41.0 Å². The molecule has 4 rings (SSSR count). The van der Waals surface area contributed by atoms with Gasteiger partial charge in [-0.15, -0.1) is 0 Å². The van der Waals surface area contributed by atoms with Crippen LogP contribution in [0.25, 0.3) is 0 Å². The summed E-state index contributed by atoms with van der Waals surface area (Å²) in [5.41, 5.74) is 1.52. The number of rotatable bonds is 7. The summed E-state index contributed by atoms with van der Waals surface area (Å²) in [4.78, 5) is 11.0. The fourth-order valence-electron chi connectivity index (χ4n) is 4.05. The van der Waals surface area contributed by atoms with Crippen LogP contribution in [0.2, 0.25) is 0 Å². The summed E-state index contributed by atoms with van der Waals surface area (Å²) in [6.45, 7) is 4.52. The van der Waals surface area contributed by atoms with E-state index in [-0.39, 0.29) is 0 Å². The fraction of sp³-hybridized carbons (Fsp3) is 0.524. The second kappa shape index (κ2) is 7.96. The van der Waals surface area contributed by atoms with Gasteiger partial charge in [0.05, 0.1) is 0 Å². The SMILES string of the molecule is c1ccc(C2CC2CNCCC2CCN(c3ncccn3)CC2)cc1. The molecule has 1 aliphatic heterocycles. The Labute approximate surface area is 150 Å². The van der Waals surface area contributed by atoms with Gasteiger partial charge in [0.15, 0.2) is 0 Å². The number of nitrogens with one attached hydrogen (secondary N) is 1. The van der Waals surface area contributed by atoms with Crippen molar-refractivity contribution in [1.29, 1.82) is 0 Å². The molecular formula is C21H28N4. The molecule has 2 aliphatic rings. The van der Waals surface area contributed by atoms with Crippen LogP contribution >= 0.6 is 0 Å². The highest BCUT2D eigenvalue weighted by Gasteiger charge is 2.37. The first kappa shape index (κ1) is 16.5. The molecule has 4 heteroatoms. The molecule has 2 aromatic rings. The lowest BCUT2D eigenvalue weighted by Gasteiger charge is -2.32. The first-order chi connectivity index (χ1) is 12.4.